The molecule has 1 amide bonds. The van der Waals surface area contributed by atoms with Gasteiger partial charge in [-0.1, -0.05) is 52.0 Å². The van der Waals surface area contributed by atoms with Crippen molar-refractivity contribution in [2.24, 2.45) is 11.3 Å². The minimum Gasteiger partial charge on any atom is -0.475 e. The molecule has 0 aliphatic carbocycles. The summed E-state index contributed by atoms with van der Waals surface area (Å²) in [4.78, 5) is 37.2. The topological polar surface area (TPSA) is 131 Å². The van der Waals surface area contributed by atoms with E-state index in [-0.39, 0.29) is 46.8 Å². The van der Waals surface area contributed by atoms with Crippen LogP contribution in [0.1, 0.15) is 81.1 Å². The Morgan fingerprint density at radius 3 is 2.46 bits per heavy atom. The molecule has 2 aromatic carbocycles. The number of piperidine rings is 1. The quantitative estimate of drug-likeness (QED) is 0.239. The van der Waals surface area contributed by atoms with Gasteiger partial charge >= 0.3 is 0 Å². The second-order valence-corrected chi connectivity index (χ2v) is 16.6. The predicted molar refractivity (Wildman–Crippen MR) is 195 cm³/mol. The third-order valence-electron chi connectivity index (χ3n) is 9.70. The van der Waals surface area contributed by atoms with Crippen molar-refractivity contribution in [2.75, 3.05) is 22.8 Å². The van der Waals surface area contributed by atoms with Crippen LogP contribution in [-0.4, -0.2) is 64.4 Å². The van der Waals surface area contributed by atoms with Crippen LogP contribution in [0.5, 0.6) is 5.88 Å². The van der Waals surface area contributed by atoms with Crippen molar-refractivity contribution < 1.29 is 17.9 Å². The van der Waals surface area contributed by atoms with Gasteiger partial charge in [-0.25, -0.2) is 23.1 Å². The molecule has 0 unspecified atom stereocenters. The minimum absolute atomic E-state index is 0.0755. The van der Waals surface area contributed by atoms with Crippen LogP contribution in [0.25, 0.3) is 11.3 Å². The first-order valence-electron chi connectivity index (χ1n) is 17.3. The Bertz CT molecular complexity index is 1980. The number of benzene rings is 2. The maximum atomic E-state index is 14.6. The number of nitrogens with one attached hydrogen (secondary N) is 1. The van der Waals surface area contributed by atoms with Gasteiger partial charge in [-0.15, -0.1) is 0 Å². The third kappa shape index (κ3) is 7.75. The highest BCUT2D eigenvalue weighted by Crippen LogP contribution is 2.32. The molecule has 50 heavy (non-hydrogen) atoms. The highest BCUT2D eigenvalue weighted by atomic mass is 32.2. The molecular formula is C38H47N7O4S. The zero-order valence-corrected chi connectivity index (χ0v) is 30.8. The molecule has 4 bridgehead atoms. The van der Waals surface area contributed by atoms with Gasteiger partial charge in [-0.3, -0.25) is 9.78 Å². The van der Waals surface area contributed by atoms with Crippen LogP contribution in [0.3, 0.4) is 0 Å². The molecule has 264 valence electrons. The molecule has 11 nitrogen and oxygen atoms in total. The molecule has 1 N–H and O–H groups in total. The van der Waals surface area contributed by atoms with Crippen molar-refractivity contribution in [1.29, 1.82) is 0 Å². The lowest BCUT2D eigenvalue weighted by Gasteiger charge is -2.39. The number of rotatable bonds is 5. The van der Waals surface area contributed by atoms with E-state index >= 15 is 0 Å². The standard InChI is InChI=1S/C38H47N7O4S/c1-24-13-10-16-44(27(24)4)33-21-39-20-29(40-33)22-45-30(19-38(5,6)7)23-49-34-18-32(35-25(2)11-8-12-26(35)3)41-37(42-34)43-50(47,48)31-15-9-14-28(17-31)36(45)46/h8-9,11-12,14-15,17-18,20-21,24,27,30H,10,13,16,19,22-23H2,1-7H3,(H,41,42,43)/t24-,27-,30-/m1/s1. The van der Waals surface area contributed by atoms with E-state index in [1.54, 1.807) is 35.5 Å². The second-order valence-electron chi connectivity index (χ2n) is 14.9. The number of carbonyl (C=O) groups excluding carboxylic acids is 1. The maximum absolute atomic E-state index is 14.6. The maximum Gasteiger partial charge on any atom is 0.264 e. The lowest BCUT2D eigenvalue weighted by Crippen LogP contribution is -2.45. The van der Waals surface area contributed by atoms with Crippen LogP contribution in [0.4, 0.5) is 11.8 Å². The number of fused-ring (bicyclic) bond motifs is 4. The molecular weight excluding hydrogens is 651 g/mol. The Kier molecular flexibility index (Phi) is 9.85. The first-order valence-corrected chi connectivity index (χ1v) is 18.8. The van der Waals surface area contributed by atoms with Gasteiger partial charge in [0.15, 0.2) is 0 Å². The zero-order valence-electron chi connectivity index (χ0n) is 30.0. The lowest BCUT2D eigenvalue weighted by molar-refractivity contribution is 0.0509. The number of hydrogen-bond donors (Lipinski definition) is 1. The summed E-state index contributed by atoms with van der Waals surface area (Å²) in [6.07, 6.45) is 6.33. The van der Waals surface area contributed by atoms with Gasteiger partial charge in [0.1, 0.15) is 12.4 Å². The Morgan fingerprint density at radius 2 is 1.72 bits per heavy atom. The van der Waals surface area contributed by atoms with Crippen LogP contribution in [0.2, 0.25) is 0 Å². The first-order chi connectivity index (χ1) is 23.7. The van der Waals surface area contributed by atoms with Crippen molar-refractivity contribution >= 4 is 27.7 Å². The number of aromatic nitrogens is 4. The van der Waals surface area contributed by atoms with Crippen LogP contribution in [-0.2, 0) is 16.6 Å². The highest BCUT2D eigenvalue weighted by molar-refractivity contribution is 7.92. The summed E-state index contributed by atoms with van der Waals surface area (Å²) in [5.74, 6) is 1.06. The van der Waals surface area contributed by atoms with Gasteiger partial charge in [-0.2, -0.15) is 4.98 Å². The molecule has 2 aromatic heterocycles. The SMILES string of the molecule is Cc1cccc(C)c1-c1cc2nc(n1)NS(=O)(=O)c1cccc(c1)C(=O)N(Cc1cncc(N3CCC[C@@H](C)[C@H]3C)n1)[C@H](CC(C)(C)C)CO2. The number of nitrogens with zero attached hydrogens (tertiary/aromatic N) is 6. The summed E-state index contributed by atoms with van der Waals surface area (Å²) >= 11 is 0. The van der Waals surface area contributed by atoms with Gasteiger partial charge in [-0.05, 0) is 80.7 Å². The first kappa shape index (κ1) is 35.3. The number of sulfonamides is 1. The van der Waals surface area contributed by atoms with Crippen molar-refractivity contribution in [2.45, 2.75) is 91.3 Å². The largest absolute Gasteiger partial charge is 0.475 e. The molecule has 3 atom stereocenters. The highest BCUT2D eigenvalue weighted by Gasteiger charge is 2.33. The lowest BCUT2D eigenvalue weighted by atomic mass is 9.87. The van der Waals surface area contributed by atoms with E-state index in [0.29, 0.717) is 29.8 Å². The van der Waals surface area contributed by atoms with Crippen LogP contribution < -0.4 is 14.4 Å². The molecule has 4 heterocycles. The van der Waals surface area contributed by atoms with E-state index in [4.69, 9.17) is 9.72 Å². The van der Waals surface area contributed by atoms with E-state index in [0.717, 1.165) is 35.5 Å². The molecule has 2 aliphatic rings. The van der Waals surface area contributed by atoms with Crippen molar-refractivity contribution in [1.82, 2.24) is 24.8 Å². The molecule has 1 saturated heterocycles. The molecule has 4 aromatic rings. The van der Waals surface area contributed by atoms with Crippen molar-refractivity contribution in [3.8, 4) is 17.1 Å². The number of anilines is 2. The minimum atomic E-state index is -4.18. The zero-order chi connectivity index (χ0) is 35.8. The summed E-state index contributed by atoms with van der Waals surface area (Å²) in [5.41, 5.74) is 4.03. The third-order valence-corrected chi connectivity index (χ3v) is 11.0. The summed E-state index contributed by atoms with van der Waals surface area (Å²) in [6, 6.07) is 13.6. The van der Waals surface area contributed by atoms with Crippen LogP contribution in [0.15, 0.2) is 65.8 Å². The van der Waals surface area contributed by atoms with E-state index in [1.807, 2.05) is 32.0 Å². The Hall–Kier alpha value is -4.58. The number of amides is 1. The van der Waals surface area contributed by atoms with Gasteiger partial charge < -0.3 is 14.5 Å². The predicted octanol–water partition coefficient (Wildman–Crippen LogP) is 6.82. The van der Waals surface area contributed by atoms with Gasteiger partial charge in [0.25, 0.3) is 15.9 Å². The molecule has 0 spiro atoms. The molecule has 0 saturated carbocycles. The molecule has 0 radical (unpaired) electrons. The summed E-state index contributed by atoms with van der Waals surface area (Å²) in [5, 5.41) is 0. The fourth-order valence-electron chi connectivity index (χ4n) is 6.99. The summed E-state index contributed by atoms with van der Waals surface area (Å²) in [6.45, 7) is 16.0. The normalized spacial score (nSPS) is 20.9. The monoisotopic (exact) mass is 697 g/mol. The average Bonchev–Trinajstić information content (AvgIpc) is 3.06. The van der Waals surface area contributed by atoms with Crippen molar-refractivity contribution in [3.05, 3.63) is 83.3 Å². The van der Waals surface area contributed by atoms with Gasteiger partial charge in [0.2, 0.25) is 11.8 Å². The van der Waals surface area contributed by atoms with Crippen molar-refractivity contribution in [3.63, 3.8) is 0 Å². The summed E-state index contributed by atoms with van der Waals surface area (Å²) in [7, 11) is -4.18. The Labute approximate surface area is 295 Å². The van der Waals surface area contributed by atoms with Crippen LogP contribution >= 0.6 is 0 Å². The number of carbonyl (C=O) groups is 1. The van der Waals surface area contributed by atoms with E-state index in [9.17, 15) is 13.2 Å². The fourth-order valence-corrected chi connectivity index (χ4v) is 7.98. The van der Waals surface area contributed by atoms with Crippen LogP contribution in [0, 0.1) is 25.2 Å². The number of hydrogen-bond acceptors (Lipinski definition) is 9. The molecule has 12 heteroatoms. The molecule has 6 rings (SSSR count). The van der Waals surface area contributed by atoms with E-state index in [1.165, 1.54) is 18.6 Å². The number of ether oxygens (including phenoxy) is 1. The Morgan fingerprint density at radius 1 is 0.980 bits per heavy atom. The van der Waals surface area contributed by atoms with E-state index in [2.05, 4.69) is 59.2 Å². The summed E-state index contributed by atoms with van der Waals surface area (Å²) < 4.78 is 36.4. The average molecular weight is 698 g/mol. The van der Waals surface area contributed by atoms with E-state index < -0.39 is 16.1 Å². The fraction of sp³-hybridized carbons (Fsp3) is 0.447. The molecule has 2 aliphatic heterocycles. The molecule has 1 fully saturated rings. The number of aryl methyl sites for hydroxylation is 2. The second kappa shape index (κ2) is 14.0. The van der Waals surface area contributed by atoms with Gasteiger partial charge in [0, 0.05) is 29.8 Å². The Balaban J connectivity index is 1.46. The van der Waals surface area contributed by atoms with Gasteiger partial charge in [0.05, 0.1) is 41.3 Å². The smallest absolute Gasteiger partial charge is 0.264 e.